The van der Waals surface area contributed by atoms with Crippen LogP contribution in [0, 0.1) is 0 Å². The van der Waals surface area contributed by atoms with Crippen LogP contribution in [-0.4, -0.2) is 58.4 Å². The summed E-state index contributed by atoms with van der Waals surface area (Å²) >= 11 is 0. The van der Waals surface area contributed by atoms with Crippen LogP contribution in [0.3, 0.4) is 0 Å². The van der Waals surface area contributed by atoms with Gasteiger partial charge in [0, 0.05) is 0 Å². The molecule has 0 bridgehead atoms. The number of carbonyl (C=O) groups is 4. The van der Waals surface area contributed by atoms with Crippen LogP contribution < -0.4 is 11.1 Å². The Kier molecular flexibility index (Phi) is 6.04. The van der Waals surface area contributed by atoms with Gasteiger partial charge in [-0.2, -0.15) is 0 Å². The van der Waals surface area contributed by atoms with Gasteiger partial charge < -0.3 is 25.6 Å². The van der Waals surface area contributed by atoms with E-state index in [9.17, 15) is 19.2 Å². The maximum absolute atomic E-state index is 12.7. The fraction of sp³-hybridized carbons (Fsp3) is 0.444. The number of benzene rings is 1. The Bertz CT molecular complexity index is 735. The van der Waals surface area contributed by atoms with Gasteiger partial charge in [0.15, 0.2) is 0 Å². The SMILES string of the molecule is CC(NC(=O)OCc1ccccc1)C(=O)N1CC(=O)N(CC(N)=O)C1(C)C. The van der Waals surface area contributed by atoms with Crippen LogP contribution in [0.2, 0.25) is 0 Å². The Hall–Kier alpha value is -3.10. The molecule has 1 aliphatic heterocycles. The molecule has 1 fully saturated rings. The lowest BCUT2D eigenvalue weighted by Gasteiger charge is -2.38. The van der Waals surface area contributed by atoms with Gasteiger partial charge in [-0.3, -0.25) is 14.4 Å². The van der Waals surface area contributed by atoms with Crippen molar-refractivity contribution in [2.75, 3.05) is 13.1 Å². The number of hydrogen-bond donors (Lipinski definition) is 2. The van der Waals surface area contributed by atoms with E-state index in [0.29, 0.717) is 0 Å². The molecule has 9 heteroatoms. The fourth-order valence-electron chi connectivity index (χ4n) is 2.89. The monoisotopic (exact) mass is 376 g/mol. The van der Waals surface area contributed by atoms with Crippen LogP contribution in [0.1, 0.15) is 26.3 Å². The molecule has 2 rings (SSSR count). The van der Waals surface area contributed by atoms with Crippen molar-refractivity contribution in [2.45, 2.75) is 39.1 Å². The highest BCUT2D eigenvalue weighted by atomic mass is 16.5. The molecule has 1 heterocycles. The second-order valence-corrected chi connectivity index (χ2v) is 6.79. The first-order valence-electron chi connectivity index (χ1n) is 8.50. The number of rotatable bonds is 6. The molecule has 1 aliphatic rings. The van der Waals surface area contributed by atoms with Crippen molar-refractivity contribution in [1.82, 2.24) is 15.1 Å². The summed E-state index contributed by atoms with van der Waals surface area (Å²) in [6.07, 6.45) is -0.739. The third-order valence-electron chi connectivity index (χ3n) is 4.41. The number of hydrogen-bond acceptors (Lipinski definition) is 5. The van der Waals surface area contributed by atoms with Crippen LogP contribution in [0.5, 0.6) is 0 Å². The molecule has 0 aliphatic carbocycles. The number of nitrogens with two attached hydrogens (primary N) is 1. The highest BCUT2D eigenvalue weighted by molar-refractivity contribution is 5.94. The van der Waals surface area contributed by atoms with E-state index in [1.807, 2.05) is 30.3 Å². The summed E-state index contributed by atoms with van der Waals surface area (Å²) in [5.74, 6) is -1.51. The summed E-state index contributed by atoms with van der Waals surface area (Å²) in [6, 6.07) is 8.22. The van der Waals surface area contributed by atoms with E-state index in [4.69, 9.17) is 10.5 Å². The summed E-state index contributed by atoms with van der Waals surface area (Å²) < 4.78 is 5.10. The number of alkyl carbamates (subject to hydrolysis) is 1. The molecular formula is C18H24N4O5. The lowest BCUT2D eigenvalue weighted by Crippen LogP contribution is -2.57. The Balaban J connectivity index is 1.95. The summed E-state index contributed by atoms with van der Waals surface area (Å²) in [4.78, 5) is 50.5. The number of amides is 4. The van der Waals surface area contributed by atoms with Crippen LogP contribution in [0.15, 0.2) is 30.3 Å². The molecule has 0 radical (unpaired) electrons. The normalized spacial score (nSPS) is 16.8. The molecule has 0 saturated carbocycles. The van der Waals surface area contributed by atoms with Crippen molar-refractivity contribution in [3.05, 3.63) is 35.9 Å². The predicted molar refractivity (Wildman–Crippen MR) is 95.9 cm³/mol. The average Bonchev–Trinajstić information content (AvgIpc) is 2.83. The average molecular weight is 376 g/mol. The van der Waals surface area contributed by atoms with Gasteiger partial charge in [0.1, 0.15) is 31.4 Å². The van der Waals surface area contributed by atoms with Crippen LogP contribution in [0.4, 0.5) is 4.79 Å². The third kappa shape index (κ3) is 4.75. The van der Waals surface area contributed by atoms with Crippen molar-refractivity contribution in [2.24, 2.45) is 5.73 Å². The minimum absolute atomic E-state index is 0.0771. The summed E-state index contributed by atoms with van der Waals surface area (Å²) in [5.41, 5.74) is 4.96. The van der Waals surface area contributed by atoms with E-state index in [0.717, 1.165) is 5.56 Å². The molecule has 1 aromatic carbocycles. The van der Waals surface area contributed by atoms with Crippen LogP contribution in [0.25, 0.3) is 0 Å². The Labute approximate surface area is 157 Å². The first-order chi connectivity index (χ1) is 12.6. The van der Waals surface area contributed by atoms with Gasteiger partial charge in [-0.05, 0) is 26.3 Å². The quantitative estimate of drug-likeness (QED) is 0.734. The number of primary amides is 1. The summed E-state index contributed by atoms with van der Waals surface area (Å²) in [6.45, 7) is 4.39. The van der Waals surface area contributed by atoms with E-state index in [-0.39, 0.29) is 25.6 Å². The molecular weight excluding hydrogens is 352 g/mol. The Morgan fingerprint density at radius 3 is 2.48 bits per heavy atom. The third-order valence-corrected chi connectivity index (χ3v) is 4.41. The highest BCUT2D eigenvalue weighted by Crippen LogP contribution is 2.27. The Morgan fingerprint density at radius 1 is 1.26 bits per heavy atom. The molecule has 0 spiro atoms. The molecule has 0 aromatic heterocycles. The highest BCUT2D eigenvalue weighted by Gasteiger charge is 2.48. The standard InChI is InChI=1S/C18H24N4O5/c1-12(20-17(26)27-11-13-7-5-4-6-8-13)16(25)22-10-15(24)21(9-14(19)23)18(22,2)3/h4-8,12H,9-11H2,1-3H3,(H2,19,23)(H,20,26). The minimum atomic E-state index is -1.03. The van der Waals surface area contributed by atoms with Crippen LogP contribution in [-0.2, 0) is 25.7 Å². The van der Waals surface area contributed by atoms with Crippen molar-refractivity contribution in [3.8, 4) is 0 Å². The molecule has 1 saturated heterocycles. The topological polar surface area (TPSA) is 122 Å². The molecule has 27 heavy (non-hydrogen) atoms. The van der Waals surface area contributed by atoms with Gasteiger partial charge in [0.2, 0.25) is 17.7 Å². The van der Waals surface area contributed by atoms with Crippen LogP contribution >= 0.6 is 0 Å². The predicted octanol–water partition coefficient (Wildman–Crippen LogP) is 0.194. The first-order valence-corrected chi connectivity index (χ1v) is 8.50. The minimum Gasteiger partial charge on any atom is -0.445 e. The molecule has 4 amide bonds. The molecule has 1 atom stereocenters. The van der Waals surface area contributed by atoms with Gasteiger partial charge in [-0.25, -0.2) is 4.79 Å². The molecule has 9 nitrogen and oxygen atoms in total. The van der Waals surface area contributed by atoms with Crippen molar-refractivity contribution >= 4 is 23.8 Å². The molecule has 1 aromatic rings. The van der Waals surface area contributed by atoms with E-state index < -0.39 is 29.6 Å². The number of nitrogens with one attached hydrogen (secondary N) is 1. The second kappa shape index (κ2) is 8.07. The van der Waals surface area contributed by atoms with E-state index in [1.165, 1.54) is 16.7 Å². The number of carbonyl (C=O) groups excluding carboxylic acids is 4. The summed E-state index contributed by atoms with van der Waals surface area (Å²) in [5, 5.41) is 2.46. The van der Waals surface area contributed by atoms with Gasteiger partial charge in [0.05, 0.1) is 0 Å². The van der Waals surface area contributed by atoms with Gasteiger partial charge >= 0.3 is 6.09 Å². The Morgan fingerprint density at radius 2 is 1.89 bits per heavy atom. The number of ether oxygens (including phenoxy) is 1. The van der Waals surface area contributed by atoms with Crippen molar-refractivity contribution in [1.29, 1.82) is 0 Å². The zero-order valence-electron chi connectivity index (χ0n) is 15.6. The fourth-order valence-corrected chi connectivity index (χ4v) is 2.89. The van der Waals surface area contributed by atoms with Gasteiger partial charge in [0.25, 0.3) is 0 Å². The van der Waals surface area contributed by atoms with Crippen molar-refractivity contribution < 1.29 is 23.9 Å². The molecule has 1 unspecified atom stereocenters. The molecule has 3 N–H and O–H groups in total. The zero-order valence-corrected chi connectivity index (χ0v) is 15.6. The maximum atomic E-state index is 12.7. The largest absolute Gasteiger partial charge is 0.445 e. The van der Waals surface area contributed by atoms with Gasteiger partial charge in [-0.15, -0.1) is 0 Å². The van der Waals surface area contributed by atoms with Crippen molar-refractivity contribution in [3.63, 3.8) is 0 Å². The lowest BCUT2D eigenvalue weighted by atomic mass is 10.1. The lowest BCUT2D eigenvalue weighted by molar-refractivity contribution is -0.141. The smallest absolute Gasteiger partial charge is 0.408 e. The summed E-state index contributed by atoms with van der Waals surface area (Å²) in [7, 11) is 0. The maximum Gasteiger partial charge on any atom is 0.408 e. The second-order valence-electron chi connectivity index (χ2n) is 6.79. The van der Waals surface area contributed by atoms with Gasteiger partial charge in [-0.1, -0.05) is 30.3 Å². The van der Waals surface area contributed by atoms with E-state index >= 15 is 0 Å². The molecule has 146 valence electrons. The zero-order chi connectivity index (χ0) is 20.2. The number of nitrogens with zero attached hydrogens (tertiary/aromatic N) is 2. The van der Waals surface area contributed by atoms with E-state index in [2.05, 4.69) is 5.32 Å². The first kappa shape index (κ1) is 20.2. The van der Waals surface area contributed by atoms with E-state index in [1.54, 1.807) is 13.8 Å².